The van der Waals surface area contributed by atoms with Crippen LogP contribution >= 0.6 is 23.2 Å². The van der Waals surface area contributed by atoms with Crippen LogP contribution in [0.1, 0.15) is 16.7 Å². The number of hydrogen-bond acceptors (Lipinski definition) is 4. The standard InChI is InChI=1S/C19H16Cl2FN3O2/c20-15-2-1-3-16(21)14(15)9-25-19(27)13(10-26)7-18(24-25)11-4-5-17(22)12(6-11)8-23/h1-7,26H,8-10,23H2. The molecule has 8 heteroatoms. The van der Waals surface area contributed by atoms with Crippen LogP contribution in [0.3, 0.4) is 0 Å². The average molecular weight is 408 g/mol. The minimum absolute atomic E-state index is 0.0292. The molecule has 0 radical (unpaired) electrons. The molecule has 1 aromatic heterocycles. The van der Waals surface area contributed by atoms with Gasteiger partial charge in [-0.15, -0.1) is 0 Å². The number of aliphatic hydroxyl groups excluding tert-OH is 1. The lowest BCUT2D eigenvalue weighted by Gasteiger charge is -2.12. The van der Waals surface area contributed by atoms with Gasteiger partial charge in [-0.05, 0) is 36.4 Å². The first kappa shape index (κ1) is 19.5. The third-order valence-corrected chi connectivity index (χ3v) is 4.86. The van der Waals surface area contributed by atoms with Gasteiger partial charge in [-0.25, -0.2) is 9.07 Å². The molecular formula is C19H16Cl2FN3O2. The Bertz CT molecular complexity index is 1030. The number of benzene rings is 2. The minimum atomic E-state index is -0.463. The van der Waals surface area contributed by atoms with Crippen LogP contribution in [0.25, 0.3) is 11.3 Å². The van der Waals surface area contributed by atoms with Gasteiger partial charge in [0, 0.05) is 38.8 Å². The number of hydrogen-bond donors (Lipinski definition) is 2. The molecule has 0 saturated carbocycles. The van der Waals surface area contributed by atoms with Crippen molar-refractivity contribution in [3.63, 3.8) is 0 Å². The fraction of sp³-hybridized carbons (Fsp3) is 0.158. The highest BCUT2D eigenvalue weighted by atomic mass is 35.5. The fourth-order valence-electron chi connectivity index (χ4n) is 2.68. The molecule has 0 aliphatic rings. The molecule has 0 aliphatic heterocycles. The Balaban J connectivity index is 2.13. The van der Waals surface area contributed by atoms with Gasteiger partial charge in [-0.1, -0.05) is 29.3 Å². The molecule has 3 N–H and O–H groups in total. The maximum absolute atomic E-state index is 13.7. The quantitative estimate of drug-likeness (QED) is 0.679. The van der Waals surface area contributed by atoms with Gasteiger partial charge in [-0.3, -0.25) is 4.79 Å². The number of nitrogens with zero attached hydrogens (tertiary/aromatic N) is 2. The van der Waals surface area contributed by atoms with Gasteiger partial charge in [-0.2, -0.15) is 5.10 Å². The molecule has 3 aromatic rings. The number of halogens is 3. The topological polar surface area (TPSA) is 81.1 Å². The van der Waals surface area contributed by atoms with Crippen molar-refractivity contribution in [1.29, 1.82) is 0 Å². The van der Waals surface area contributed by atoms with Gasteiger partial charge in [0.2, 0.25) is 0 Å². The van der Waals surface area contributed by atoms with E-state index in [1.807, 2.05) is 0 Å². The van der Waals surface area contributed by atoms with Crippen LogP contribution in [0.4, 0.5) is 4.39 Å². The molecule has 0 aliphatic carbocycles. The third kappa shape index (κ3) is 4.04. The lowest BCUT2D eigenvalue weighted by atomic mass is 10.1. The highest BCUT2D eigenvalue weighted by Gasteiger charge is 2.14. The molecule has 27 heavy (non-hydrogen) atoms. The summed E-state index contributed by atoms with van der Waals surface area (Å²) in [6.07, 6.45) is 0. The van der Waals surface area contributed by atoms with E-state index in [0.29, 0.717) is 32.4 Å². The lowest BCUT2D eigenvalue weighted by Crippen LogP contribution is -2.27. The zero-order valence-electron chi connectivity index (χ0n) is 14.1. The summed E-state index contributed by atoms with van der Waals surface area (Å²) in [4.78, 5) is 12.6. The maximum Gasteiger partial charge on any atom is 0.272 e. The Morgan fingerprint density at radius 2 is 1.81 bits per heavy atom. The molecule has 1 heterocycles. The van der Waals surface area contributed by atoms with Crippen molar-refractivity contribution >= 4 is 23.2 Å². The Hall–Kier alpha value is -2.25. The first-order valence-corrected chi connectivity index (χ1v) is 8.83. The number of aromatic nitrogens is 2. The second-order valence-corrected chi connectivity index (χ2v) is 6.70. The second kappa shape index (κ2) is 8.19. The molecule has 3 rings (SSSR count). The van der Waals surface area contributed by atoms with Crippen molar-refractivity contribution < 1.29 is 9.50 Å². The van der Waals surface area contributed by atoms with Crippen LogP contribution in [0.5, 0.6) is 0 Å². The summed E-state index contributed by atoms with van der Waals surface area (Å²) in [6.45, 7) is -0.403. The highest BCUT2D eigenvalue weighted by molar-refractivity contribution is 6.35. The monoisotopic (exact) mass is 407 g/mol. The summed E-state index contributed by atoms with van der Waals surface area (Å²) < 4.78 is 14.9. The van der Waals surface area contributed by atoms with Crippen LogP contribution in [0, 0.1) is 5.82 Å². The molecule has 5 nitrogen and oxygen atoms in total. The highest BCUT2D eigenvalue weighted by Crippen LogP contribution is 2.25. The number of rotatable bonds is 5. The average Bonchev–Trinajstić information content (AvgIpc) is 2.66. The molecule has 2 aromatic carbocycles. The first-order chi connectivity index (χ1) is 12.9. The molecule has 0 amide bonds. The largest absolute Gasteiger partial charge is 0.391 e. The van der Waals surface area contributed by atoms with Gasteiger partial charge in [0.05, 0.1) is 18.8 Å². The molecule has 140 valence electrons. The second-order valence-electron chi connectivity index (χ2n) is 5.89. The summed E-state index contributed by atoms with van der Waals surface area (Å²) in [5, 5.41) is 14.7. The normalized spacial score (nSPS) is 11.0. The molecule has 0 unspecified atom stereocenters. The van der Waals surface area contributed by atoms with Gasteiger partial charge < -0.3 is 10.8 Å². The Labute approximate surface area is 164 Å². The van der Waals surface area contributed by atoms with E-state index in [9.17, 15) is 14.3 Å². The van der Waals surface area contributed by atoms with E-state index in [2.05, 4.69) is 5.10 Å². The van der Waals surface area contributed by atoms with E-state index in [1.54, 1.807) is 24.3 Å². The van der Waals surface area contributed by atoms with Crippen LogP contribution in [-0.2, 0) is 19.7 Å². The fourth-order valence-corrected chi connectivity index (χ4v) is 3.20. The van der Waals surface area contributed by atoms with Crippen molar-refractivity contribution in [2.24, 2.45) is 5.73 Å². The van der Waals surface area contributed by atoms with Crippen molar-refractivity contribution in [3.8, 4) is 11.3 Å². The van der Waals surface area contributed by atoms with Crippen LogP contribution in [0.2, 0.25) is 10.0 Å². The molecule has 0 saturated heterocycles. The van der Waals surface area contributed by atoms with E-state index in [1.165, 1.54) is 22.9 Å². The lowest BCUT2D eigenvalue weighted by molar-refractivity contribution is 0.278. The van der Waals surface area contributed by atoms with E-state index in [4.69, 9.17) is 28.9 Å². The molecule has 0 fully saturated rings. The van der Waals surface area contributed by atoms with Gasteiger partial charge in [0.25, 0.3) is 5.56 Å². The number of nitrogens with two attached hydrogens (primary N) is 1. The van der Waals surface area contributed by atoms with Crippen LogP contribution in [0.15, 0.2) is 47.3 Å². The summed E-state index contributed by atoms with van der Waals surface area (Å²) in [6, 6.07) is 10.9. The Kier molecular flexibility index (Phi) is 5.92. The van der Waals surface area contributed by atoms with Crippen molar-refractivity contribution in [2.45, 2.75) is 19.7 Å². The predicted octanol–water partition coefficient (Wildman–Crippen LogP) is 3.36. The zero-order valence-corrected chi connectivity index (χ0v) is 15.6. The molecule has 0 spiro atoms. The molecular weight excluding hydrogens is 392 g/mol. The summed E-state index contributed by atoms with van der Waals surface area (Å²) in [7, 11) is 0. The van der Waals surface area contributed by atoms with Gasteiger partial charge >= 0.3 is 0 Å². The van der Waals surface area contributed by atoms with E-state index < -0.39 is 18.0 Å². The Morgan fingerprint density at radius 3 is 2.44 bits per heavy atom. The van der Waals surface area contributed by atoms with Crippen LogP contribution < -0.4 is 11.3 Å². The van der Waals surface area contributed by atoms with Gasteiger partial charge in [0.15, 0.2) is 0 Å². The summed E-state index contributed by atoms with van der Waals surface area (Å²) in [5.41, 5.74) is 7.09. The van der Waals surface area contributed by atoms with Crippen molar-refractivity contribution in [2.75, 3.05) is 0 Å². The SMILES string of the molecule is NCc1cc(-c2cc(CO)c(=O)n(Cc3c(Cl)cccc3Cl)n2)ccc1F. The third-order valence-electron chi connectivity index (χ3n) is 4.15. The van der Waals surface area contributed by atoms with E-state index in [-0.39, 0.29) is 18.7 Å². The molecule has 0 atom stereocenters. The molecule has 0 bridgehead atoms. The summed E-state index contributed by atoms with van der Waals surface area (Å²) in [5.74, 6) is -0.417. The first-order valence-electron chi connectivity index (χ1n) is 8.08. The smallest absolute Gasteiger partial charge is 0.272 e. The van der Waals surface area contributed by atoms with Gasteiger partial charge in [0.1, 0.15) is 5.82 Å². The summed E-state index contributed by atoms with van der Waals surface area (Å²) >= 11 is 12.4. The number of aliphatic hydroxyl groups is 1. The van der Waals surface area contributed by atoms with Crippen molar-refractivity contribution in [1.82, 2.24) is 9.78 Å². The van der Waals surface area contributed by atoms with E-state index in [0.717, 1.165) is 0 Å². The predicted molar refractivity (Wildman–Crippen MR) is 103 cm³/mol. The van der Waals surface area contributed by atoms with Crippen molar-refractivity contribution in [3.05, 3.63) is 85.4 Å². The van der Waals surface area contributed by atoms with Crippen LogP contribution in [-0.4, -0.2) is 14.9 Å². The van der Waals surface area contributed by atoms with E-state index >= 15 is 0 Å². The maximum atomic E-state index is 13.7. The minimum Gasteiger partial charge on any atom is -0.391 e. The zero-order chi connectivity index (χ0) is 19.6. The Morgan fingerprint density at radius 1 is 1.11 bits per heavy atom.